The van der Waals surface area contributed by atoms with E-state index in [-0.39, 0.29) is 6.10 Å². The molecule has 0 aromatic carbocycles. The molecule has 1 aromatic heterocycles. The van der Waals surface area contributed by atoms with Crippen molar-refractivity contribution in [2.45, 2.75) is 17.8 Å². The van der Waals surface area contributed by atoms with E-state index in [2.05, 4.69) is 4.98 Å². The van der Waals surface area contributed by atoms with E-state index < -0.39 is 0 Å². The van der Waals surface area contributed by atoms with Crippen molar-refractivity contribution in [1.29, 1.82) is 0 Å². The predicted molar refractivity (Wildman–Crippen MR) is 65.4 cm³/mol. The van der Waals surface area contributed by atoms with Crippen LogP contribution in [0.4, 0.5) is 0 Å². The first kappa shape index (κ1) is 10.8. The summed E-state index contributed by atoms with van der Waals surface area (Å²) in [5.41, 5.74) is 0. The van der Waals surface area contributed by atoms with Crippen LogP contribution in [0.1, 0.15) is 5.01 Å². The van der Waals surface area contributed by atoms with Crippen LogP contribution in [-0.2, 0) is 6.42 Å². The monoisotopic (exact) mass is 247 g/mol. The number of thiazole rings is 1. The maximum atomic E-state index is 9.98. The first-order chi connectivity index (χ1) is 6.86. The van der Waals surface area contributed by atoms with Crippen molar-refractivity contribution in [3.8, 4) is 0 Å². The van der Waals surface area contributed by atoms with E-state index in [9.17, 15) is 5.11 Å². The minimum atomic E-state index is -0.223. The third-order valence-electron chi connectivity index (χ3n) is 2.14. The highest BCUT2D eigenvalue weighted by Crippen LogP contribution is 2.27. The highest BCUT2D eigenvalue weighted by Gasteiger charge is 2.23. The second-order valence-corrected chi connectivity index (χ2v) is 6.66. The van der Waals surface area contributed by atoms with Gasteiger partial charge in [0.2, 0.25) is 0 Å². The SMILES string of the molecule is OC(Cc1nccs1)C1CSCCS1. The number of thioether (sulfide) groups is 2. The summed E-state index contributed by atoms with van der Waals surface area (Å²) in [7, 11) is 0. The van der Waals surface area contributed by atoms with Crippen LogP contribution in [0.5, 0.6) is 0 Å². The summed E-state index contributed by atoms with van der Waals surface area (Å²) in [6.07, 6.45) is 2.30. The molecule has 1 fully saturated rings. The Morgan fingerprint density at radius 3 is 3.14 bits per heavy atom. The van der Waals surface area contributed by atoms with Crippen molar-refractivity contribution in [3.63, 3.8) is 0 Å². The summed E-state index contributed by atoms with van der Waals surface area (Å²) in [5, 5.41) is 13.4. The largest absolute Gasteiger partial charge is 0.392 e. The quantitative estimate of drug-likeness (QED) is 0.884. The number of rotatable bonds is 3. The van der Waals surface area contributed by atoms with Crippen LogP contribution in [-0.4, -0.2) is 38.7 Å². The number of nitrogens with zero attached hydrogens (tertiary/aromatic N) is 1. The van der Waals surface area contributed by atoms with E-state index in [1.54, 1.807) is 17.5 Å². The lowest BCUT2D eigenvalue weighted by atomic mass is 10.2. The van der Waals surface area contributed by atoms with Crippen LogP contribution in [0.15, 0.2) is 11.6 Å². The second-order valence-electron chi connectivity index (χ2n) is 3.18. The lowest BCUT2D eigenvalue weighted by Crippen LogP contribution is -2.30. The van der Waals surface area contributed by atoms with Crippen LogP contribution in [0.2, 0.25) is 0 Å². The first-order valence-corrected chi connectivity index (χ1v) is 7.70. The van der Waals surface area contributed by atoms with Gasteiger partial charge in [0.05, 0.1) is 11.1 Å². The molecule has 0 aliphatic carbocycles. The van der Waals surface area contributed by atoms with Crippen LogP contribution in [0.25, 0.3) is 0 Å². The summed E-state index contributed by atoms with van der Waals surface area (Å²) in [6.45, 7) is 0. The smallest absolute Gasteiger partial charge is 0.0951 e. The Labute approximate surface area is 96.5 Å². The van der Waals surface area contributed by atoms with Crippen LogP contribution in [0, 0.1) is 0 Å². The highest BCUT2D eigenvalue weighted by atomic mass is 32.2. The molecule has 78 valence electrons. The van der Waals surface area contributed by atoms with Gasteiger partial charge in [0, 0.05) is 40.5 Å². The van der Waals surface area contributed by atoms with Gasteiger partial charge in [0.15, 0.2) is 0 Å². The van der Waals surface area contributed by atoms with Gasteiger partial charge in [-0.1, -0.05) is 0 Å². The van der Waals surface area contributed by atoms with Gasteiger partial charge in [-0.3, -0.25) is 0 Å². The van der Waals surface area contributed by atoms with Crippen LogP contribution < -0.4 is 0 Å². The van der Waals surface area contributed by atoms with Crippen molar-refractivity contribution in [1.82, 2.24) is 4.98 Å². The van der Waals surface area contributed by atoms with Crippen molar-refractivity contribution in [2.24, 2.45) is 0 Å². The predicted octanol–water partition coefficient (Wildman–Crippen LogP) is 1.90. The Morgan fingerprint density at radius 2 is 2.50 bits per heavy atom. The van der Waals surface area contributed by atoms with Gasteiger partial charge in [-0.15, -0.1) is 11.3 Å². The van der Waals surface area contributed by atoms with E-state index in [0.29, 0.717) is 5.25 Å². The minimum absolute atomic E-state index is 0.223. The molecule has 5 heteroatoms. The Balaban J connectivity index is 1.85. The molecule has 0 amide bonds. The zero-order valence-corrected chi connectivity index (χ0v) is 10.2. The third-order valence-corrected chi connectivity index (χ3v) is 5.85. The molecular formula is C9H13NOS3. The molecule has 2 unspecified atom stereocenters. The van der Waals surface area contributed by atoms with Gasteiger partial charge < -0.3 is 5.11 Å². The van der Waals surface area contributed by atoms with Crippen molar-refractivity contribution in [3.05, 3.63) is 16.6 Å². The maximum Gasteiger partial charge on any atom is 0.0951 e. The van der Waals surface area contributed by atoms with Gasteiger partial charge in [0.1, 0.15) is 0 Å². The fourth-order valence-electron chi connectivity index (χ4n) is 1.39. The average Bonchev–Trinajstić information content (AvgIpc) is 2.72. The molecule has 1 saturated heterocycles. The van der Waals surface area contributed by atoms with E-state index >= 15 is 0 Å². The number of hydrogen-bond acceptors (Lipinski definition) is 5. The van der Waals surface area contributed by atoms with E-state index in [1.165, 1.54) is 11.5 Å². The lowest BCUT2D eigenvalue weighted by molar-refractivity contribution is 0.177. The highest BCUT2D eigenvalue weighted by molar-refractivity contribution is 8.06. The number of aliphatic hydroxyl groups excluding tert-OH is 1. The molecule has 1 aromatic rings. The van der Waals surface area contributed by atoms with Gasteiger partial charge in [-0.2, -0.15) is 23.5 Å². The summed E-state index contributed by atoms with van der Waals surface area (Å²) < 4.78 is 0. The molecule has 2 rings (SSSR count). The zero-order chi connectivity index (χ0) is 9.80. The van der Waals surface area contributed by atoms with E-state index in [0.717, 1.165) is 17.2 Å². The summed E-state index contributed by atoms with van der Waals surface area (Å²) in [5.74, 6) is 3.48. The summed E-state index contributed by atoms with van der Waals surface area (Å²) >= 11 is 5.47. The normalized spacial score (nSPS) is 24.8. The van der Waals surface area contributed by atoms with Crippen LogP contribution in [0.3, 0.4) is 0 Å². The number of aromatic nitrogens is 1. The Bertz CT molecular complexity index is 259. The average molecular weight is 247 g/mol. The van der Waals surface area contributed by atoms with Crippen molar-refractivity contribution >= 4 is 34.9 Å². The first-order valence-electron chi connectivity index (χ1n) is 4.62. The van der Waals surface area contributed by atoms with Gasteiger partial charge in [0.25, 0.3) is 0 Å². The van der Waals surface area contributed by atoms with Crippen molar-refractivity contribution < 1.29 is 5.11 Å². The fraction of sp³-hybridized carbons (Fsp3) is 0.667. The molecule has 0 radical (unpaired) electrons. The van der Waals surface area contributed by atoms with Crippen molar-refractivity contribution in [2.75, 3.05) is 17.3 Å². The molecule has 1 N–H and O–H groups in total. The molecule has 2 heterocycles. The summed E-state index contributed by atoms with van der Waals surface area (Å²) in [6, 6.07) is 0. The minimum Gasteiger partial charge on any atom is -0.392 e. The van der Waals surface area contributed by atoms with Gasteiger partial charge >= 0.3 is 0 Å². The third kappa shape index (κ3) is 2.89. The molecule has 1 aliphatic heterocycles. The topological polar surface area (TPSA) is 33.1 Å². The number of aliphatic hydroxyl groups is 1. The molecule has 14 heavy (non-hydrogen) atoms. The molecule has 0 bridgehead atoms. The molecule has 2 nitrogen and oxygen atoms in total. The molecular weight excluding hydrogens is 234 g/mol. The fourth-order valence-corrected chi connectivity index (χ4v) is 4.83. The van der Waals surface area contributed by atoms with Crippen LogP contribution >= 0.6 is 34.9 Å². The lowest BCUT2D eigenvalue weighted by Gasteiger charge is -2.25. The van der Waals surface area contributed by atoms with Gasteiger partial charge in [-0.05, 0) is 0 Å². The molecule has 0 saturated carbocycles. The zero-order valence-electron chi connectivity index (χ0n) is 7.76. The Morgan fingerprint density at radius 1 is 1.57 bits per heavy atom. The molecule has 2 atom stereocenters. The van der Waals surface area contributed by atoms with E-state index in [4.69, 9.17) is 0 Å². The summed E-state index contributed by atoms with van der Waals surface area (Å²) in [4.78, 5) is 4.19. The van der Waals surface area contributed by atoms with Gasteiger partial charge in [-0.25, -0.2) is 4.98 Å². The van der Waals surface area contributed by atoms with E-state index in [1.807, 2.05) is 28.9 Å². The molecule has 0 spiro atoms. The molecule has 1 aliphatic rings. The number of hydrogen-bond donors (Lipinski definition) is 1. The maximum absolute atomic E-state index is 9.98. The second kappa shape index (κ2) is 5.39. The Kier molecular flexibility index (Phi) is 4.16. The Hall–Kier alpha value is 0.290. The standard InChI is InChI=1S/C9H13NOS3/c11-7(5-9-10-1-2-14-9)8-6-12-3-4-13-8/h1-2,7-8,11H,3-6H2.